The zero-order valence-corrected chi connectivity index (χ0v) is 21.8. The molecule has 1 aromatic carbocycles. The molecule has 7 heteroatoms. The molecule has 0 amide bonds. The van der Waals surface area contributed by atoms with Crippen molar-refractivity contribution in [3.05, 3.63) is 53.6 Å². The van der Waals surface area contributed by atoms with Crippen molar-refractivity contribution in [1.29, 1.82) is 0 Å². The van der Waals surface area contributed by atoms with Gasteiger partial charge in [0, 0.05) is 18.7 Å². The van der Waals surface area contributed by atoms with Crippen LogP contribution in [0.25, 0.3) is 5.57 Å². The number of carbonyl (C=O) groups is 2. The molecule has 1 fully saturated rings. The standard InChI is InChI=1S/C24H33FN2O3.C3H8.CH2O/c1-3-30-23-14-19(4-9-22(23)20-5-7-21(25)8-6-20)16-27-12-10-18(11-13-27)15-26(2)17-24(28)29;1-3-2;1-2/h5-9,14,18-19H,3-4,10-13,15-17H2,1-2H3,(H,28,29);3H2,1-2H3;1H2. The molecule has 1 atom stereocenters. The monoisotopic (exact) mass is 490 g/mol. The summed E-state index contributed by atoms with van der Waals surface area (Å²) >= 11 is 0. The summed E-state index contributed by atoms with van der Waals surface area (Å²) in [5.41, 5.74) is 2.04. The molecule has 196 valence electrons. The highest BCUT2D eigenvalue weighted by Gasteiger charge is 2.24. The Morgan fingerprint density at radius 2 is 1.77 bits per heavy atom. The van der Waals surface area contributed by atoms with Gasteiger partial charge in [0.15, 0.2) is 0 Å². The number of rotatable bonds is 9. The van der Waals surface area contributed by atoms with Crippen molar-refractivity contribution < 1.29 is 23.8 Å². The number of likely N-dealkylation sites (N-methyl/N-ethyl adjacent to an activating group) is 1. The number of hydrogen-bond acceptors (Lipinski definition) is 5. The van der Waals surface area contributed by atoms with Crippen molar-refractivity contribution in [2.45, 2.75) is 46.5 Å². The third-order valence-corrected chi connectivity index (χ3v) is 5.91. The minimum atomic E-state index is -0.766. The summed E-state index contributed by atoms with van der Waals surface area (Å²) in [7, 11) is 1.88. The van der Waals surface area contributed by atoms with Gasteiger partial charge < -0.3 is 19.5 Å². The van der Waals surface area contributed by atoms with Crippen molar-refractivity contribution >= 4 is 18.3 Å². The largest absolute Gasteiger partial charge is 0.494 e. The molecule has 0 aromatic heterocycles. The topological polar surface area (TPSA) is 70.1 Å². The van der Waals surface area contributed by atoms with Crippen LogP contribution in [-0.2, 0) is 14.3 Å². The number of ether oxygens (including phenoxy) is 1. The third-order valence-electron chi connectivity index (χ3n) is 5.91. The first-order chi connectivity index (χ1) is 16.9. The van der Waals surface area contributed by atoms with Crippen LogP contribution in [0.4, 0.5) is 4.39 Å². The van der Waals surface area contributed by atoms with Gasteiger partial charge in [0.1, 0.15) is 18.4 Å². The summed E-state index contributed by atoms with van der Waals surface area (Å²) in [6, 6.07) is 6.59. The lowest BCUT2D eigenvalue weighted by atomic mass is 9.90. The summed E-state index contributed by atoms with van der Waals surface area (Å²) in [5, 5.41) is 8.91. The van der Waals surface area contributed by atoms with Gasteiger partial charge in [-0.15, -0.1) is 0 Å². The zero-order chi connectivity index (χ0) is 26.2. The van der Waals surface area contributed by atoms with Crippen molar-refractivity contribution in [3.8, 4) is 0 Å². The SMILES string of the molecule is C=O.CCC.CCOC1=CC(CN2CCC(CN(C)CC(=O)O)CC2)CC=C1c1ccc(F)cc1. The quantitative estimate of drug-likeness (QED) is 0.519. The fourth-order valence-electron chi connectivity index (χ4n) is 4.46. The maximum Gasteiger partial charge on any atom is 0.317 e. The molecule has 1 saturated heterocycles. The van der Waals surface area contributed by atoms with Crippen LogP contribution in [0.3, 0.4) is 0 Å². The fraction of sp³-hybridized carbons (Fsp3) is 0.571. The maximum atomic E-state index is 13.3. The first kappa shape index (κ1) is 30.5. The van der Waals surface area contributed by atoms with E-state index in [0.29, 0.717) is 18.4 Å². The second kappa shape index (κ2) is 17.0. The number of aliphatic carboxylic acids is 1. The molecule has 3 rings (SSSR count). The predicted molar refractivity (Wildman–Crippen MR) is 140 cm³/mol. The van der Waals surface area contributed by atoms with Crippen LogP contribution < -0.4 is 0 Å². The fourth-order valence-corrected chi connectivity index (χ4v) is 4.46. The van der Waals surface area contributed by atoms with E-state index in [2.05, 4.69) is 30.9 Å². The minimum Gasteiger partial charge on any atom is -0.494 e. The summed E-state index contributed by atoms with van der Waals surface area (Å²) in [5.74, 6) is 0.869. The molecule has 35 heavy (non-hydrogen) atoms. The van der Waals surface area contributed by atoms with Gasteiger partial charge in [0.25, 0.3) is 0 Å². The highest BCUT2D eigenvalue weighted by Crippen LogP contribution is 2.32. The van der Waals surface area contributed by atoms with Crippen LogP contribution >= 0.6 is 0 Å². The maximum absolute atomic E-state index is 13.3. The number of halogens is 1. The van der Waals surface area contributed by atoms with Crippen LogP contribution in [0.5, 0.6) is 0 Å². The van der Waals surface area contributed by atoms with Gasteiger partial charge in [0.2, 0.25) is 0 Å². The molecule has 1 heterocycles. The van der Waals surface area contributed by atoms with Gasteiger partial charge in [0.05, 0.1) is 13.2 Å². The number of likely N-dealkylation sites (tertiary alicyclic amines) is 1. The van der Waals surface area contributed by atoms with E-state index < -0.39 is 5.97 Å². The van der Waals surface area contributed by atoms with Crippen LogP contribution in [0.15, 0.2) is 42.2 Å². The number of nitrogens with zero attached hydrogens (tertiary/aromatic N) is 2. The van der Waals surface area contributed by atoms with Gasteiger partial charge in [-0.3, -0.25) is 9.69 Å². The zero-order valence-electron chi connectivity index (χ0n) is 21.8. The summed E-state index contributed by atoms with van der Waals surface area (Å²) in [6.45, 7) is 12.9. The Morgan fingerprint density at radius 3 is 2.31 bits per heavy atom. The molecular weight excluding hydrogens is 447 g/mol. The van der Waals surface area contributed by atoms with Gasteiger partial charge in [-0.1, -0.05) is 38.5 Å². The number of allylic oxidation sites excluding steroid dienone is 2. The molecule has 2 aliphatic rings. The number of carboxylic acids is 1. The second-order valence-corrected chi connectivity index (χ2v) is 9.13. The van der Waals surface area contributed by atoms with Crippen molar-refractivity contribution in [3.63, 3.8) is 0 Å². The van der Waals surface area contributed by atoms with Crippen LogP contribution in [0.2, 0.25) is 0 Å². The van der Waals surface area contributed by atoms with Gasteiger partial charge >= 0.3 is 5.97 Å². The summed E-state index contributed by atoms with van der Waals surface area (Å²) in [4.78, 5) is 23.3. The Labute approximate surface area is 210 Å². The van der Waals surface area contributed by atoms with E-state index in [1.807, 2.05) is 25.7 Å². The minimum absolute atomic E-state index is 0.107. The lowest BCUT2D eigenvalue weighted by Crippen LogP contribution is -2.40. The predicted octanol–water partition coefficient (Wildman–Crippen LogP) is 5.11. The Balaban J connectivity index is 0.00000114. The normalized spacial score (nSPS) is 18.4. The highest BCUT2D eigenvalue weighted by molar-refractivity contribution is 5.78. The van der Waals surface area contributed by atoms with Crippen LogP contribution in [0.1, 0.15) is 52.0 Å². The lowest BCUT2D eigenvalue weighted by molar-refractivity contribution is -0.138. The molecule has 0 saturated carbocycles. The first-order valence-corrected chi connectivity index (χ1v) is 12.6. The number of piperidine rings is 1. The van der Waals surface area contributed by atoms with E-state index in [-0.39, 0.29) is 12.4 Å². The van der Waals surface area contributed by atoms with E-state index in [9.17, 15) is 9.18 Å². The lowest BCUT2D eigenvalue weighted by Gasteiger charge is -2.35. The highest BCUT2D eigenvalue weighted by atomic mass is 19.1. The Kier molecular flexibility index (Phi) is 14.8. The Bertz CT molecular complexity index is 802. The third kappa shape index (κ3) is 11.2. The molecule has 0 radical (unpaired) electrons. The van der Waals surface area contributed by atoms with Crippen molar-refractivity contribution in [1.82, 2.24) is 9.80 Å². The van der Waals surface area contributed by atoms with E-state index in [1.54, 1.807) is 12.1 Å². The number of hydrogen-bond donors (Lipinski definition) is 1. The van der Waals surface area contributed by atoms with Crippen molar-refractivity contribution in [2.24, 2.45) is 11.8 Å². The molecule has 0 bridgehead atoms. The smallest absolute Gasteiger partial charge is 0.317 e. The van der Waals surface area contributed by atoms with E-state index in [4.69, 9.17) is 14.6 Å². The van der Waals surface area contributed by atoms with E-state index in [0.717, 1.165) is 62.3 Å². The van der Waals surface area contributed by atoms with Crippen LogP contribution in [-0.4, -0.2) is 74.0 Å². The molecule has 1 aromatic rings. The molecular formula is C28H43FN2O4. The van der Waals surface area contributed by atoms with Crippen molar-refractivity contribution in [2.75, 3.05) is 46.4 Å². The average molecular weight is 491 g/mol. The number of carbonyl (C=O) groups excluding carboxylic acids is 1. The molecule has 1 N–H and O–H groups in total. The molecule has 6 nitrogen and oxygen atoms in total. The first-order valence-electron chi connectivity index (χ1n) is 12.6. The van der Waals surface area contributed by atoms with E-state index >= 15 is 0 Å². The summed E-state index contributed by atoms with van der Waals surface area (Å²) in [6.07, 6.45) is 8.86. The molecule has 1 aliphatic heterocycles. The summed E-state index contributed by atoms with van der Waals surface area (Å²) < 4.78 is 19.2. The van der Waals surface area contributed by atoms with Gasteiger partial charge in [-0.05, 0) is 81.9 Å². The average Bonchev–Trinajstić information content (AvgIpc) is 2.83. The number of benzene rings is 1. The Morgan fingerprint density at radius 1 is 1.17 bits per heavy atom. The molecule has 1 aliphatic carbocycles. The second-order valence-electron chi connectivity index (χ2n) is 9.13. The number of carboxylic acid groups (broad SMARTS) is 1. The Hall–Kier alpha value is -2.51. The van der Waals surface area contributed by atoms with Crippen LogP contribution in [0, 0.1) is 17.7 Å². The molecule has 0 spiro atoms. The van der Waals surface area contributed by atoms with E-state index in [1.165, 1.54) is 18.6 Å². The van der Waals surface area contributed by atoms with Gasteiger partial charge in [-0.25, -0.2) is 4.39 Å². The van der Waals surface area contributed by atoms with Gasteiger partial charge in [-0.2, -0.15) is 0 Å². The molecule has 1 unspecified atom stereocenters.